The van der Waals surface area contributed by atoms with Crippen molar-refractivity contribution in [3.05, 3.63) is 59.4 Å². The molecule has 2 aromatic carbocycles. The van der Waals surface area contributed by atoms with Crippen molar-refractivity contribution in [2.45, 2.75) is 0 Å². The van der Waals surface area contributed by atoms with Crippen molar-refractivity contribution in [3.8, 4) is 17.2 Å². The van der Waals surface area contributed by atoms with E-state index >= 15 is 0 Å². The number of methoxy groups -OCH3 is 3. The second-order valence-corrected chi connectivity index (χ2v) is 8.71. The fraction of sp³-hybridized carbons (Fsp3) is 0.231. The maximum Gasteiger partial charge on any atom is 0.327 e. The molecule has 0 radical (unpaired) electrons. The Hall–Kier alpha value is -4.26. The normalized spacial score (nSPS) is 10.3. The number of carbonyl (C=O) groups is 1. The lowest BCUT2D eigenvalue weighted by atomic mass is 10.2. The standard InChI is InChI=1S/C26H29Cl2N7O5/c1-6-20(29)32-17-11-15(40-10-9-37-3)7-8-16(17)33-21-13-22(31-14-30-21)35(2)26(36)34-25-23(27)18(38-4)12-19(39-5)24(25)28/h6-8,11-14H,1,9-10H2,2-5H3,(H2,29,32)(H,34,36)(H,30,31,33). The molecule has 0 bridgehead atoms. The van der Waals surface area contributed by atoms with Gasteiger partial charge in [0.05, 0.1) is 37.9 Å². The number of urea groups is 1. The number of nitrogens with one attached hydrogen (secondary N) is 4. The SMILES string of the molecule is C=CC(=N)Nc1cc(OCCOC)ccc1Nc1cc(N(C)C(=O)Nc2c(Cl)c(OC)cc(OC)c2Cl)ncn1. The molecule has 212 valence electrons. The van der Waals surface area contributed by atoms with Gasteiger partial charge in [-0.3, -0.25) is 10.3 Å². The van der Waals surface area contributed by atoms with Crippen molar-refractivity contribution in [3.63, 3.8) is 0 Å². The van der Waals surface area contributed by atoms with Crippen molar-refractivity contribution < 1.29 is 23.7 Å². The first-order valence-electron chi connectivity index (χ1n) is 11.7. The fourth-order valence-corrected chi connectivity index (χ4v) is 3.89. The molecule has 0 saturated carbocycles. The summed E-state index contributed by atoms with van der Waals surface area (Å²) in [6.45, 7) is 4.41. The molecule has 12 nitrogen and oxygen atoms in total. The molecule has 3 aromatic rings. The second-order valence-electron chi connectivity index (χ2n) is 7.95. The number of anilines is 5. The Morgan fingerprint density at radius 2 is 1.73 bits per heavy atom. The molecule has 0 aliphatic rings. The summed E-state index contributed by atoms with van der Waals surface area (Å²) >= 11 is 12.8. The molecule has 2 amide bonds. The lowest BCUT2D eigenvalue weighted by Crippen LogP contribution is -2.32. The molecule has 0 saturated heterocycles. The van der Waals surface area contributed by atoms with Gasteiger partial charge in [0, 0.05) is 32.4 Å². The van der Waals surface area contributed by atoms with E-state index in [4.69, 9.17) is 47.6 Å². The van der Waals surface area contributed by atoms with Crippen LogP contribution in [0.2, 0.25) is 10.0 Å². The van der Waals surface area contributed by atoms with Crippen LogP contribution in [-0.4, -0.2) is 63.4 Å². The molecule has 0 unspecified atom stereocenters. The van der Waals surface area contributed by atoms with E-state index in [9.17, 15) is 4.79 Å². The average molecular weight is 590 g/mol. The van der Waals surface area contributed by atoms with Crippen LogP contribution < -0.4 is 35.1 Å². The van der Waals surface area contributed by atoms with E-state index in [0.717, 1.165) is 0 Å². The summed E-state index contributed by atoms with van der Waals surface area (Å²) in [7, 11) is 5.98. The third kappa shape index (κ3) is 7.44. The Kier molecular flexibility index (Phi) is 10.8. The van der Waals surface area contributed by atoms with E-state index in [1.807, 2.05) is 0 Å². The van der Waals surface area contributed by atoms with Crippen LogP contribution in [0.5, 0.6) is 17.2 Å². The Labute approximate surface area is 241 Å². The number of amidine groups is 1. The van der Waals surface area contributed by atoms with Crippen LogP contribution in [0, 0.1) is 5.41 Å². The molecule has 0 aliphatic carbocycles. The van der Waals surface area contributed by atoms with Crippen LogP contribution in [0.4, 0.5) is 33.5 Å². The van der Waals surface area contributed by atoms with Crippen LogP contribution in [0.15, 0.2) is 49.3 Å². The van der Waals surface area contributed by atoms with Crippen LogP contribution in [0.25, 0.3) is 0 Å². The van der Waals surface area contributed by atoms with Gasteiger partial charge in [-0.05, 0) is 18.2 Å². The highest BCUT2D eigenvalue weighted by Gasteiger charge is 2.22. The zero-order valence-electron chi connectivity index (χ0n) is 22.3. The summed E-state index contributed by atoms with van der Waals surface area (Å²) in [6.07, 6.45) is 2.67. The molecule has 1 heterocycles. The summed E-state index contributed by atoms with van der Waals surface area (Å²) < 4.78 is 21.2. The zero-order valence-corrected chi connectivity index (χ0v) is 23.8. The number of nitrogens with zero attached hydrogens (tertiary/aromatic N) is 3. The number of hydrogen-bond acceptors (Lipinski definition) is 9. The van der Waals surface area contributed by atoms with E-state index in [1.54, 1.807) is 31.4 Å². The summed E-state index contributed by atoms with van der Waals surface area (Å²) in [5, 5.41) is 17.0. The van der Waals surface area contributed by atoms with E-state index in [2.05, 4.69) is 32.5 Å². The van der Waals surface area contributed by atoms with Gasteiger partial charge in [0.1, 0.15) is 57.7 Å². The fourth-order valence-electron chi connectivity index (χ4n) is 3.29. The van der Waals surface area contributed by atoms with Crippen LogP contribution in [0.3, 0.4) is 0 Å². The smallest absolute Gasteiger partial charge is 0.327 e. The zero-order chi connectivity index (χ0) is 29.2. The number of amides is 2. The van der Waals surface area contributed by atoms with Gasteiger partial charge in [0.25, 0.3) is 0 Å². The number of aromatic nitrogens is 2. The van der Waals surface area contributed by atoms with Crippen molar-refractivity contribution in [2.24, 2.45) is 0 Å². The van der Waals surface area contributed by atoms with Gasteiger partial charge in [0.15, 0.2) is 0 Å². The van der Waals surface area contributed by atoms with Crippen molar-refractivity contribution >= 4 is 63.8 Å². The topological polar surface area (TPSA) is 143 Å². The minimum atomic E-state index is -0.580. The quantitative estimate of drug-likeness (QED) is 0.117. The molecule has 0 atom stereocenters. The molecule has 40 heavy (non-hydrogen) atoms. The summed E-state index contributed by atoms with van der Waals surface area (Å²) in [5.74, 6) is 1.86. The van der Waals surface area contributed by atoms with Gasteiger partial charge >= 0.3 is 6.03 Å². The molecular weight excluding hydrogens is 561 g/mol. The summed E-state index contributed by atoms with van der Waals surface area (Å²) in [4.78, 5) is 22.8. The van der Waals surface area contributed by atoms with E-state index in [0.29, 0.717) is 36.2 Å². The predicted molar refractivity (Wildman–Crippen MR) is 158 cm³/mol. The minimum absolute atomic E-state index is 0.0865. The Balaban J connectivity index is 1.83. The average Bonchev–Trinajstić information content (AvgIpc) is 2.96. The molecular formula is C26H29Cl2N7O5. The first kappa shape index (κ1) is 30.3. The number of carbonyl (C=O) groups excluding carboxylic acids is 1. The highest BCUT2D eigenvalue weighted by atomic mass is 35.5. The highest BCUT2D eigenvalue weighted by Crippen LogP contribution is 2.44. The Morgan fingerprint density at radius 3 is 2.35 bits per heavy atom. The van der Waals surface area contributed by atoms with Gasteiger partial charge in [-0.2, -0.15) is 0 Å². The molecule has 0 spiro atoms. The Morgan fingerprint density at radius 1 is 1.02 bits per heavy atom. The van der Waals surface area contributed by atoms with E-state index in [1.165, 1.54) is 44.6 Å². The van der Waals surface area contributed by atoms with Crippen LogP contribution in [-0.2, 0) is 4.74 Å². The molecule has 0 aliphatic heterocycles. The van der Waals surface area contributed by atoms with Crippen molar-refractivity contribution in [2.75, 3.05) is 62.4 Å². The van der Waals surface area contributed by atoms with Gasteiger partial charge < -0.3 is 34.9 Å². The maximum absolute atomic E-state index is 13.1. The third-order valence-corrected chi connectivity index (χ3v) is 6.14. The summed E-state index contributed by atoms with van der Waals surface area (Å²) in [5.41, 5.74) is 1.25. The van der Waals surface area contributed by atoms with Gasteiger partial charge in [-0.15, -0.1) is 0 Å². The number of rotatable bonds is 12. The monoisotopic (exact) mass is 589 g/mol. The minimum Gasteiger partial charge on any atom is -0.495 e. The van der Waals surface area contributed by atoms with Gasteiger partial charge in [-0.25, -0.2) is 14.8 Å². The molecule has 1 aromatic heterocycles. The second kappa shape index (κ2) is 14.2. The summed E-state index contributed by atoms with van der Waals surface area (Å²) in [6, 6.07) is 7.76. The lowest BCUT2D eigenvalue weighted by Gasteiger charge is -2.20. The largest absolute Gasteiger partial charge is 0.495 e. The molecule has 4 N–H and O–H groups in total. The number of benzene rings is 2. The first-order chi connectivity index (χ1) is 19.2. The van der Waals surface area contributed by atoms with Gasteiger partial charge in [0.2, 0.25) is 0 Å². The molecule has 14 heteroatoms. The maximum atomic E-state index is 13.1. The van der Waals surface area contributed by atoms with Crippen LogP contribution >= 0.6 is 23.2 Å². The van der Waals surface area contributed by atoms with Crippen LogP contribution in [0.1, 0.15) is 0 Å². The number of ether oxygens (including phenoxy) is 4. The molecule has 0 fully saturated rings. The predicted octanol–water partition coefficient (Wildman–Crippen LogP) is 5.81. The highest BCUT2D eigenvalue weighted by molar-refractivity contribution is 6.41. The van der Waals surface area contributed by atoms with Crippen molar-refractivity contribution in [1.29, 1.82) is 5.41 Å². The number of hydrogen-bond donors (Lipinski definition) is 4. The third-order valence-electron chi connectivity index (χ3n) is 5.39. The number of halogens is 2. The van der Waals surface area contributed by atoms with Crippen molar-refractivity contribution in [1.82, 2.24) is 9.97 Å². The first-order valence-corrected chi connectivity index (χ1v) is 12.5. The lowest BCUT2D eigenvalue weighted by molar-refractivity contribution is 0.146. The van der Waals surface area contributed by atoms with E-state index in [-0.39, 0.29) is 38.9 Å². The van der Waals surface area contributed by atoms with Gasteiger partial charge in [-0.1, -0.05) is 29.8 Å². The van der Waals surface area contributed by atoms with E-state index < -0.39 is 6.03 Å². The Bertz CT molecular complexity index is 1360. The molecule has 3 rings (SSSR count).